The van der Waals surface area contributed by atoms with Crippen molar-refractivity contribution in [2.75, 3.05) is 0 Å². The predicted octanol–water partition coefficient (Wildman–Crippen LogP) is 2.57. The van der Waals surface area contributed by atoms with Gasteiger partial charge in [-0.05, 0) is 62.3 Å². The Kier molecular flexibility index (Phi) is 2.63. The lowest BCUT2D eigenvalue weighted by atomic mass is 9.49. The smallest absolute Gasteiger partial charge is 0.309 e. The summed E-state index contributed by atoms with van der Waals surface area (Å²) < 4.78 is 0. The second-order valence-corrected chi connectivity index (χ2v) is 7.16. The quantitative estimate of drug-likeness (QED) is 0.918. The van der Waals surface area contributed by atoms with E-state index in [0.717, 1.165) is 23.4 Å². The summed E-state index contributed by atoms with van der Waals surface area (Å²) in [4.78, 5) is 19.5. The molecule has 106 valence electrons. The van der Waals surface area contributed by atoms with Gasteiger partial charge in [-0.2, -0.15) is 0 Å². The molecule has 4 aliphatic rings. The third-order valence-electron chi connectivity index (χ3n) is 5.64. The van der Waals surface area contributed by atoms with Crippen LogP contribution in [0.25, 0.3) is 0 Å². The van der Waals surface area contributed by atoms with E-state index in [4.69, 9.17) is 5.11 Å². The molecule has 4 heteroatoms. The molecule has 20 heavy (non-hydrogen) atoms. The molecule has 0 aromatic carbocycles. The van der Waals surface area contributed by atoms with Crippen molar-refractivity contribution in [3.63, 3.8) is 0 Å². The topological polar surface area (TPSA) is 63.1 Å². The maximum atomic E-state index is 10.9. The van der Waals surface area contributed by atoms with Crippen LogP contribution in [0.2, 0.25) is 0 Å². The molecule has 4 bridgehead atoms. The zero-order valence-electron chi connectivity index (χ0n) is 11.6. The number of carboxylic acid groups (broad SMARTS) is 1. The van der Waals surface area contributed by atoms with Crippen LogP contribution in [0.3, 0.4) is 0 Å². The highest BCUT2D eigenvalue weighted by molar-refractivity contribution is 5.69. The van der Waals surface area contributed by atoms with Gasteiger partial charge in [0.2, 0.25) is 0 Å². The van der Waals surface area contributed by atoms with E-state index in [-0.39, 0.29) is 11.8 Å². The van der Waals surface area contributed by atoms with E-state index in [1.165, 1.54) is 38.5 Å². The summed E-state index contributed by atoms with van der Waals surface area (Å²) in [6.45, 7) is 0. The predicted molar refractivity (Wildman–Crippen MR) is 73.2 cm³/mol. The van der Waals surface area contributed by atoms with Crippen LogP contribution in [0.15, 0.2) is 12.4 Å². The van der Waals surface area contributed by atoms with Crippen molar-refractivity contribution in [3.8, 4) is 0 Å². The first-order chi connectivity index (χ1) is 9.63. The lowest BCUT2D eigenvalue weighted by Gasteiger charge is -2.56. The molecule has 0 aliphatic heterocycles. The van der Waals surface area contributed by atoms with Crippen LogP contribution < -0.4 is 0 Å². The Morgan fingerprint density at radius 3 is 2.30 bits per heavy atom. The van der Waals surface area contributed by atoms with Gasteiger partial charge in [-0.25, -0.2) is 9.97 Å². The number of rotatable bonds is 3. The molecule has 4 saturated carbocycles. The standard InChI is InChI=1S/C16H20N2O2/c19-15(20)5-13-4-14(18-9-17-13)16-6-10-1-11(7-16)3-12(2-10)8-16/h4,9-12H,1-3,5-8H2,(H,19,20). The monoisotopic (exact) mass is 272 g/mol. The summed E-state index contributed by atoms with van der Waals surface area (Å²) in [5, 5.41) is 8.93. The van der Waals surface area contributed by atoms with E-state index in [1.54, 1.807) is 6.33 Å². The minimum Gasteiger partial charge on any atom is -0.481 e. The SMILES string of the molecule is O=C(O)Cc1cc(C23CC4CC(CC(C4)C2)C3)ncn1. The Hall–Kier alpha value is -1.45. The van der Waals surface area contributed by atoms with Gasteiger partial charge in [-0.3, -0.25) is 4.79 Å². The maximum Gasteiger partial charge on any atom is 0.309 e. The normalized spacial score (nSPS) is 38.1. The van der Waals surface area contributed by atoms with E-state index >= 15 is 0 Å². The molecule has 4 fully saturated rings. The molecule has 0 atom stereocenters. The molecular weight excluding hydrogens is 252 g/mol. The second-order valence-electron chi connectivity index (χ2n) is 7.16. The highest BCUT2D eigenvalue weighted by atomic mass is 16.4. The van der Waals surface area contributed by atoms with E-state index in [2.05, 4.69) is 9.97 Å². The third kappa shape index (κ3) is 1.93. The molecule has 5 rings (SSSR count). The number of nitrogens with zero attached hydrogens (tertiary/aromatic N) is 2. The van der Waals surface area contributed by atoms with Crippen LogP contribution in [-0.4, -0.2) is 21.0 Å². The van der Waals surface area contributed by atoms with Gasteiger partial charge in [0.25, 0.3) is 0 Å². The molecule has 0 unspecified atom stereocenters. The summed E-state index contributed by atoms with van der Waals surface area (Å²) >= 11 is 0. The lowest BCUT2D eigenvalue weighted by Crippen LogP contribution is -2.49. The Morgan fingerprint density at radius 2 is 1.75 bits per heavy atom. The first-order valence-corrected chi connectivity index (χ1v) is 7.66. The molecule has 0 spiro atoms. The zero-order valence-corrected chi connectivity index (χ0v) is 11.6. The zero-order chi connectivity index (χ0) is 13.7. The van der Waals surface area contributed by atoms with Gasteiger partial charge < -0.3 is 5.11 Å². The van der Waals surface area contributed by atoms with Crippen LogP contribution in [0, 0.1) is 17.8 Å². The van der Waals surface area contributed by atoms with Crippen molar-refractivity contribution in [1.82, 2.24) is 9.97 Å². The van der Waals surface area contributed by atoms with Gasteiger partial charge >= 0.3 is 5.97 Å². The van der Waals surface area contributed by atoms with Gasteiger partial charge in [0, 0.05) is 5.41 Å². The average molecular weight is 272 g/mol. The van der Waals surface area contributed by atoms with Crippen molar-refractivity contribution in [3.05, 3.63) is 23.8 Å². The van der Waals surface area contributed by atoms with Crippen molar-refractivity contribution >= 4 is 5.97 Å². The second kappa shape index (κ2) is 4.27. The Balaban J connectivity index is 1.68. The number of hydrogen-bond acceptors (Lipinski definition) is 3. The van der Waals surface area contributed by atoms with E-state index in [1.807, 2.05) is 6.07 Å². The Morgan fingerprint density at radius 1 is 1.15 bits per heavy atom. The first kappa shape index (κ1) is 12.3. The highest BCUT2D eigenvalue weighted by Crippen LogP contribution is 2.60. The van der Waals surface area contributed by atoms with Gasteiger partial charge in [-0.1, -0.05) is 0 Å². The van der Waals surface area contributed by atoms with Crippen molar-refractivity contribution in [1.29, 1.82) is 0 Å². The third-order valence-corrected chi connectivity index (χ3v) is 5.64. The number of carboxylic acids is 1. The molecular formula is C16H20N2O2. The molecule has 1 aromatic heterocycles. The maximum absolute atomic E-state index is 10.9. The number of aliphatic carboxylic acids is 1. The minimum absolute atomic E-state index is 0.00187. The Bertz CT molecular complexity index is 520. The summed E-state index contributed by atoms with van der Waals surface area (Å²) in [7, 11) is 0. The van der Waals surface area contributed by atoms with E-state index in [0.29, 0.717) is 5.69 Å². The van der Waals surface area contributed by atoms with Gasteiger partial charge in [0.1, 0.15) is 6.33 Å². The lowest BCUT2D eigenvalue weighted by molar-refractivity contribution is -0.136. The van der Waals surface area contributed by atoms with Crippen LogP contribution in [-0.2, 0) is 16.6 Å². The molecule has 1 aromatic rings. The molecule has 0 saturated heterocycles. The van der Waals surface area contributed by atoms with Crippen LogP contribution >= 0.6 is 0 Å². The average Bonchev–Trinajstić information content (AvgIpc) is 2.36. The summed E-state index contributed by atoms with van der Waals surface area (Å²) in [6.07, 6.45) is 9.55. The largest absolute Gasteiger partial charge is 0.481 e. The summed E-state index contributed by atoms with van der Waals surface area (Å²) in [5.74, 6) is 1.80. The summed E-state index contributed by atoms with van der Waals surface area (Å²) in [5.41, 5.74) is 1.99. The van der Waals surface area contributed by atoms with Crippen molar-refractivity contribution in [2.24, 2.45) is 17.8 Å². The molecule has 1 N–H and O–H groups in total. The van der Waals surface area contributed by atoms with Gasteiger partial charge in [-0.15, -0.1) is 0 Å². The van der Waals surface area contributed by atoms with Crippen molar-refractivity contribution < 1.29 is 9.90 Å². The first-order valence-electron chi connectivity index (χ1n) is 7.66. The van der Waals surface area contributed by atoms with Gasteiger partial charge in [0.05, 0.1) is 17.8 Å². The fraction of sp³-hybridized carbons (Fsp3) is 0.688. The molecule has 0 radical (unpaired) electrons. The molecule has 0 amide bonds. The molecule has 4 aliphatic carbocycles. The van der Waals surface area contributed by atoms with Gasteiger partial charge in [0.15, 0.2) is 0 Å². The van der Waals surface area contributed by atoms with Crippen LogP contribution in [0.5, 0.6) is 0 Å². The fourth-order valence-electron chi connectivity index (χ4n) is 5.36. The highest BCUT2D eigenvalue weighted by Gasteiger charge is 2.52. The minimum atomic E-state index is -0.819. The number of carbonyl (C=O) groups is 1. The Labute approximate surface area is 118 Å². The molecule has 1 heterocycles. The van der Waals surface area contributed by atoms with Crippen molar-refractivity contribution in [2.45, 2.75) is 50.4 Å². The fourth-order valence-corrected chi connectivity index (χ4v) is 5.36. The number of aromatic nitrogens is 2. The summed E-state index contributed by atoms with van der Waals surface area (Å²) in [6, 6.07) is 1.96. The molecule has 4 nitrogen and oxygen atoms in total. The van der Waals surface area contributed by atoms with Crippen LogP contribution in [0.4, 0.5) is 0 Å². The number of hydrogen-bond donors (Lipinski definition) is 1. The van der Waals surface area contributed by atoms with E-state index < -0.39 is 5.97 Å². The van der Waals surface area contributed by atoms with Crippen LogP contribution in [0.1, 0.15) is 49.9 Å². The van der Waals surface area contributed by atoms with E-state index in [9.17, 15) is 4.79 Å².